The van der Waals surface area contributed by atoms with Gasteiger partial charge in [-0.3, -0.25) is 24.0 Å². The molecule has 1 aromatic heterocycles. The summed E-state index contributed by atoms with van der Waals surface area (Å²) < 4.78 is 3.05. The van der Waals surface area contributed by atoms with Crippen molar-refractivity contribution < 1.29 is 14.7 Å². The predicted molar refractivity (Wildman–Crippen MR) is 91.4 cm³/mol. The summed E-state index contributed by atoms with van der Waals surface area (Å²) in [5.41, 5.74) is 2.12. The Labute approximate surface area is 143 Å². The average molecular weight is 344 g/mol. The predicted octanol–water partition coefficient (Wildman–Crippen LogP) is -0.254. The van der Waals surface area contributed by atoms with E-state index in [0.29, 0.717) is 11.9 Å². The van der Waals surface area contributed by atoms with E-state index in [1.54, 1.807) is 11.6 Å². The van der Waals surface area contributed by atoms with Crippen molar-refractivity contribution in [3.63, 3.8) is 0 Å². The number of benzene rings is 1. The zero-order valence-electron chi connectivity index (χ0n) is 13.9. The van der Waals surface area contributed by atoms with E-state index in [0.717, 1.165) is 24.3 Å². The topological polar surface area (TPSA) is 96.6 Å². The van der Waals surface area contributed by atoms with Crippen LogP contribution in [0.1, 0.15) is 18.9 Å². The van der Waals surface area contributed by atoms with Gasteiger partial charge in [-0.25, -0.2) is 4.79 Å². The molecule has 2 amide bonds. The molecule has 0 spiro atoms. The van der Waals surface area contributed by atoms with Gasteiger partial charge in [-0.15, -0.1) is 0 Å². The van der Waals surface area contributed by atoms with Gasteiger partial charge in [0.1, 0.15) is 6.04 Å². The first-order valence-electron chi connectivity index (χ1n) is 8.40. The molecule has 25 heavy (non-hydrogen) atoms. The van der Waals surface area contributed by atoms with Crippen LogP contribution in [0, 0.1) is 5.92 Å². The van der Waals surface area contributed by atoms with Gasteiger partial charge in [-0.1, -0.05) is 6.07 Å². The highest BCUT2D eigenvalue weighted by molar-refractivity contribution is 6.00. The lowest BCUT2D eigenvalue weighted by molar-refractivity contribution is -0.135. The van der Waals surface area contributed by atoms with E-state index in [9.17, 15) is 19.5 Å². The van der Waals surface area contributed by atoms with E-state index in [-0.39, 0.29) is 30.5 Å². The fraction of sp³-hybridized carbons (Fsp3) is 0.471. The fourth-order valence-corrected chi connectivity index (χ4v) is 3.78. The van der Waals surface area contributed by atoms with Crippen LogP contribution >= 0.6 is 0 Å². The molecule has 8 nitrogen and oxygen atoms in total. The molecule has 1 aromatic carbocycles. The molecule has 0 radical (unpaired) electrons. The van der Waals surface area contributed by atoms with Crippen LogP contribution in [-0.2, 0) is 16.6 Å². The maximum Gasteiger partial charge on any atom is 0.329 e. The second kappa shape index (κ2) is 5.73. The van der Waals surface area contributed by atoms with Crippen LogP contribution in [0.15, 0.2) is 23.0 Å². The smallest absolute Gasteiger partial charge is 0.329 e. The van der Waals surface area contributed by atoms with Gasteiger partial charge in [-0.05, 0) is 18.6 Å². The molecule has 2 aliphatic rings. The number of aromatic nitrogens is 2. The number of nitrogens with one attached hydrogen (secondary N) is 1. The summed E-state index contributed by atoms with van der Waals surface area (Å²) in [7, 11) is 1.69. The summed E-state index contributed by atoms with van der Waals surface area (Å²) in [6, 6.07) is 4.97. The molecule has 2 N–H and O–H groups in total. The van der Waals surface area contributed by atoms with Crippen molar-refractivity contribution in [2.45, 2.75) is 18.9 Å². The van der Waals surface area contributed by atoms with Crippen LogP contribution in [0.3, 0.4) is 0 Å². The Morgan fingerprint density at radius 3 is 2.68 bits per heavy atom. The number of aliphatic hydroxyl groups excluding tert-OH is 1. The highest BCUT2D eigenvalue weighted by Gasteiger charge is 2.33. The maximum atomic E-state index is 12.8. The number of amides is 2. The summed E-state index contributed by atoms with van der Waals surface area (Å²) in [6.07, 6.45) is 0.549. The molecule has 8 heteroatoms. The number of carbonyl (C=O) groups is 2. The number of imide groups is 1. The van der Waals surface area contributed by atoms with Gasteiger partial charge in [0.2, 0.25) is 11.8 Å². The number of fused-ring (bicyclic) bond motifs is 1. The second-order valence-electron chi connectivity index (χ2n) is 6.78. The van der Waals surface area contributed by atoms with Crippen LogP contribution in [-0.4, -0.2) is 45.8 Å². The molecule has 4 rings (SSSR count). The van der Waals surface area contributed by atoms with Crippen LogP contribution < -0.4 is 15.9 Å². The Morgan fingerprint density at radius 2 is 2.00 bits per heavy atom. The Balaban J connectivity index is 1.82. The van der Waals surface area contributed by atoms with Gasteiger partial charge in [-0.2, -0.15) is 0 Å². The van der Waals surface area contributed by atoms with Gasteiger partial charge in [0.15, 0.2) is 0 Å². The molecule has 0 bridgehead atoms. The minimum atomic E-state index is -0.675. The molecule has 2 aliphatic heterocycles. The van der Waals surface area contributed by atoms with Crippen molar-refractivity contribution in [3.8, 4) is 0 Å². The average Bonchev–Trinajstić information content (AvgIpc) is 2.79. The minimum absolute atomic E-state index is 0.155. The van der Waals surface area contributed by atoms with Gasteiger partial charge < -0.3 is 10.0 Å². The standard InChI is InChI=1S/C17H20N4O4/c1-19-15-11(20-7-10(8-20)9-22)3-2-4-12(15)21(17(19)25)13-5-6-14(23)18-16(13)24/h2-4,10,13,22H,5-9H2,1H3,(H,18,23,24). The number of para-hydroxylation sites is 1. The van der Waals surface area contributed by atoms with Crippen molar-refractivity contribution in [1.29, 1.82) is 0 Å². The lowest BCUT2D eigenvalue weighted by atomic mass is 10.00. The number of aryl methyl sites for hydroxylation is 1. The quantitative estimate of drug-likeness (QED) is 0.748. The third kappa shape index (κ3) is 2.36. The van der Waals surface area contributed by atoms with E-state index in [1.165, 1.54) is 4.57 Å². The monoisotopic (exact) mass is 344 g/mol. The lowest BCUT2D eigenvalue weighted by Crippen LogP contribution is -2.48. The fourth-order valence-electron chi connectivity index (χ4n) is 3.78. The number of anilines is 1. The van der Waals surface area contributed by atoms with Gasteiger partial charge in [0.25, 0.3) is 0 Å². The summed E-state index contributed by atoms with van der Waals surface area (Å²) in [5.74, 6) is -0.476. The number of piperidine rings is 1. The van der Waals surface area contributed by atoms with Gasteiger partial charge in [0.05, 0.1) is 16.7 Å². The molecule has 1 atom stereocenters. The largest absolute Gasteiger partial charge is 0.396 e. The van der Waals surface area contributed by atoms with Crippen molar-refractivity contribution in [1.82, 2.24) is 14.5 Å². The number of imidazole rings is 1. The van der Waals surface area contributed by atoms with Crippen LogP contribution in [0.2, 0.25) is 0 Å². The van der Waals surface area contributed by atoms with Crippen molar-refractivity contribution in [2.24, 2.45) is 13.0 Å². The summed E-state index contributed by atoms with van der Waals surface area (Å²) in [4.78, 5) is 38.6. The number of nitrogens with zero attached hydrogens (tertiary/aromatic N) is 3. The SMILES string of the molecule is Cn1c(=O)n(C2CCC(=O)NC2=O)c2cccc(N3CC(CO)C3)c21. The normalized spacial score (nSPS) is 21.5. The third-order valence-electron chi connectivity index (χ3n) is 5.16. The molecule has 2 saturated heterocycles. The first-order chi connectivity index (χ1) is 12.0. The summed E-state index contributed by atoms with van der Waals surface area (Å²) in [5, 5.41) is 11.5. The van der Waals surface area contributed by atoms with E-state index in [2.05, 4.69) is 10.2 Å². The second-order valence-corrected chi connectivity index (χ2v) is 6.78. The lowest BCUT2D eigenvalue weighted by Gasteiger charge is -2.40. The van der Waals surface area contributed by atoms with Crippen molar-refractivity contribution in [2.75, 3.05) is 24.6 Å². The highest BCUT2D eigenvalue weighted by Crippen LogP contribution is 2.32. The molecule has 2 aromatic rings. The zero-order valence-corrected chi connectivity index (χ0v) is 13.9. The van der Waals surface area contributed by atoms with Crippen LogP contribution in [0.4, 0.5) is 5.69 Å². The third-order valence-corrected chi connectivity index (χ3v) is 5.16. The molecule has 0 saturated carbocycles. The Kier molecular flexibility index (Phi) is 3.64. The van der Waals surface area contributed by atoms with Crippen molar-refractivity contribution in [3.05, 3.63) is 28.7 Å². The number of carbonyl (C=O) groups excluding carboxylic acids is 2. The van der Waals surface area contributed by atoms with E-state index in [4.69, 9.17) is 0 Å². The molecular formula is C17H20N4O4. The first kappa shape index (κ1) is 15.9. The maximum absolute atomic E-state index is 12.8. The minimum Gasteiger partial charge on any atom is -0.396 e. The van der Waals surface area contributed by atoms with Gasteiger partial charge >= 0.3 is 5.69 Å². The van der Waals surface area contributed by atoms with Crippen LogP contribution in [0.5, 0.6) is 0 Å². The Hall–Kier alpha value is -2.61. The van der Waals surface area contributed by atoms with E-state index in [1.807, 2.05) is 18.2 Å². The van der Waals surface area contributed by atoms with E-state index >= 15 is 0 Å². The molecule has 132 valence electrons. The first-order valence-corrected chi connectivity index (χ1v) is 8.40. The number of hydrogen-bond acceptors (Lipinski definition) is 5. The number of aliphatic hydroxyl groups is 1. The molecule has 1 unspecified atom stereocenters. The summed E-state index contributed by atoms with van der Waals surface area (Å²) in [6.45, 7) is 1.64. The molecular weight excluding hydrogens is 324 g/mol. The highest BCUT2D eigenvalue weighted by atomic mass is 16.3. The van der Waals surface area contributed by atoms with Gasteiger partial charge in [0, 0.05) is 39.1 Å². The van der Waals surface area contributed by atoms with Crippen molar-refractivity contribution >= 4 is 28.5 Å². The molecule has 0 aliphatic carbocycles. The van der Waals surface area contributed by atoms with E-state index < -0.39 is 11.9 Å². The van der Waals surface area contributed by atoms with Crippen LogP contribution in [0.25, 0.3) is 11.0 Å². The number of rotatable bonds is 3. The number of hydrogen-bond donors (Lipinski definition) is 2. The molecule has 3 heterocycles. The summed E-state index contributed by atoms with van der Waals surface area (Å²) >= 11 is 0. The Morgan fingerprint density at radius 1 is 1.24 bits per heavy atom. The molecule has 2 fully saturated rings. The Bertz CT molecular complexity index is 923. The zero-order chi connectivity index (χ0) is 17.7.